The number of nitrogens with zero attached hydrogens (tertiary/aromatic N) is 1. The third-order valence-electron chi connectivity index (χ3n) is 3.11. The second-order valence-corrected chi connectivity index (χ2v) is 6.07. The van der Waals surface area contributed by atoms with Gasteiger partial charge in [0.05, 0.1) is 6.42 Å². The minimum Gasteiger partial charge on any atom is -0.481 e. The first-order valence-electron chi connectivity index (χ1n) is 5.65. The predicted molar refractivity (Wildman–Crippen MR) is 69.8 cm³/mol. The second kappa shape index (κ2) is 4.78. The van der Waals surface area contributed by atoms with Crippen LogP contribution in [0.15, 0.2) is 28.7 Å². The van der Waals surface area contributed by atoms with Crippen molar-refractivity contribution in [1.29, 1.82) is 0 Å². The van der Waals surface area contributed by atoms with E-state index in [4.69, 9.17) is 5.11 Å². The fourth-order valence-electron chi connectivity index (χ4n) is 2.47. The Kier molecular flexibility index (Phi) is 3.54. The summed E-state index contributed by atoms with van der Waals surface area (Å²) >= 11 is 3.41. The molecule has 0 aromatic heterocycles. The lowest BCUT2D eigenvalue weighted by atomic mass is 9.79. The monoisotopic (exact) mass is 297 g/mol. The quantitative estimate of drug-likeness (QED) is 0.929. The Morgan fingerprint density at radius 3 is 2.53 bits per heavy atom. The van der Waals surface area contributed by atoms with Gasteiger partial charge in [0.2, 0.25) is 0 Å². The summed E-state index contributed by atoms with van der Waals surface area (Å²) < 4.78 is 1.08. The molecular formula is C13H16BrNO2. The molecule has 1 saturated heterocycles. The van der Waals surface area contributed by atoms with Gasteiger partial charge in [0.1, 0.15) is 0 Å². The van der Waals surface area contributed by atoms with E-state index in [1.807, 2.05) is 19.1 Å². The Hall–Kier alpha value is -0.870. The molecule has 0 saturated carbocycles. The van der Waals surface area contributed by atoms with Crippen molar-refractivity contribution in [2.24, 2.45) is 5.41 Å². The maximum Gasteiger partial charge on any atom is 0.303 e. The van der Waals surface area contributed by atoms with Crippen molar-refractivity contribution < 1.29 is 9.90 Å². The minimum absolute atomic E-state index is 0.0405. The molecular weight excluding hydrogens is 282 g/mol. The lowest BCUT2D eigenvalue weighted by Crippen LogP contribution is -2.54. The Morgan fingerprint density at radius 2 is 2.00 bits per heavy atom. The molecule has 1 aromatic carbocycles. The topological polar surface area (TPSA) is 40.5 Å². The highest BCUT2D eigenvalue weighted by atomic mass is 79.9. The lowest BCUT2D eigenvalue weighted by Gasteiger charge is -2.47. The van der Waals surface area contributed by atoms with Gasteiger partial charge in [-0.2, -0.15) is 0 Å². The molecule has 0 radical (unpaired) electrons. The maximum atomic E-state index is 10.7. The summed E-state index contributed by atoms with van der Waals surface area (Å²) in [5, 5.41) is 8.80. The fourth-order valence-corrected chi connectivity index (χ4v) is 2.73. The van der Waals surface area contributed by atoms with Gasteiger partial charge in [-0.15, -0.1) is 0 Å². The van der Waals surface area contributed by atoms with Crippen LogP contribution in [0.2, 0.25) is 0 Å². The number of hydrogen-bond donors (Lipinski definition) is 1. The summed E-state index contributed by atoms with van der Waals surface area (Å²) in [7, 11) is 0. The minimum atomic E-state index is -0.698. The van der Waals surface area contributed by atoms with Crippen molar-refractivity contribution in [2.75, 3.05) is 13.1 Å². The molecule has 92 valence electrons. The van der Waals surface area contributed by atoms with Crippen LogP contribution in [0.25, 0.3) is 0 Å². The van der Waals surface area contributed by atoms with E-state index in [0.29, 0.717) is 0 Å². The van der Waals surface area contributed by atoms with Crippen molar-refractivity contribution in [1.82, 2.24) is 4.90 Å². The van der Waals surface area contributed by atoms with E-state index in [0.717, 1.165) is 24.1 Å². The largest absolute Gasteiger partial charge is 0.481 e. The molecule has 1 aromatic rings. The van der Waals surface area contributed by atoms with E-state index in [1.54, 1.807) is 0 Å². The smallest absolute Gasteiger partial charge is 0.303 e. The van der Waals surface area contributed by atoms with Crippen LogP contribution in [0.1, 0.15) is 18.9 Å². The standard InChI is InChI=1S/C13H16BrNO2/c1-13(6-12(16)17)8-15(9-13)7-10-2-4-11(14)5-3-10/h2-5H,6-9H2,1H3,(H,16,17). The van der Waals surface area contributed by atoms with E-state index in [9.17, 15) is 4.79 Å². The molecule has 1 heterocycles. The number of halogens is 1. The van der Waals surface area contributed by atoms with Crippen molar-refractivity contribution >= 4 is 21.9 Å². The number of carboxylic acids is 1. The van der Waals surface area contributed by atoms with Crippen LogP contribution in [0.3, 0.4) is 0 Å². The average molecular weight is 298 g/mol. The zero-order valence-corrected chi connectivity index (χ0v) is 11.4. The summed E-state index contributed by atoms with van der Waals surface area (Å²) in [5.41, 5.74) is 1.23. The number of aliphatic carboxylic acids is 1. The zero-order valence-electron chi connectivity index (χ0n) is 9.82. The Morgan fingerprint density at radius 1 is 1.41 bits per heavy atom. The molecule has 1 fully saturated rings. The summed E-state index contributed by atoms with van der Waals surface area (Å²) in [5.74, 6) is -0.698. The summed E-state index contributed by atoms with van der Waals surface area (Å²) in [6.45, 7) is 4.69. The first kappa shape index (κ1) is 12.6. The molecule has 3 nitrogen and oxygen atoms in total. The van der Waals surface area contributed by atoms with Gasteiger partial charge < -0.3 is 5.11 Å². The molecule has 17 heavy (non-hydrogen) atoms. The van der Waals surface area contributed by atoms with E-state index >= 15 is 0 Å². The average Bonchev–Trinajstić information content (AvgIpc) is 2.18. The third-order valence-corrected chi connectivity index (χ3v) is 3.64. The first-order valence-corrected chi connectivity index (χ1v) is 6.45. The maximum absolute atomic E-state index is 10.7. The molecule has 0 unspecified atom stereocenters. The van der Waals surface area contributed by atoms with Gasteiger partial charge in [0, 0.05) is 29.5 Å². The van der Waals surface area contributed by atoms with Crippen LogP contribution in [0.5, 0.6) is 0 Å². The number of rotatable bonds is 4. The second-order valence-electron chi connectivity index (χ2n) is 5.15. The summed E-state index contributed by atoms with van der Waals surface area (Å²) in [6.07, 6.45) is 0.268. The lowest BCUT2D eigenvalue weighted by molar-refractivity contribution is -0.143. The van der Waals surface area contributed by atoms with Crippen LogP contribution in [0, 0.1) is 5.41 Å². The van der Waals surface area contributed by atoms with Crippen LogP contribution in [-0.4, -0.2) is 29.1 Å². The van der Waals surface area contributed by atoms with E-state index in [2.05, 4.69) is 33.0 Å². The Labute approximate surface area is 110 Å². The fraction of sp³-hybridized carbons (Fsp3) is 0.462. The summed E-state index contributed by atoms with van der Waals surface area (Å²) in [6, 6.07) is 8.25. The van der Waals surface area contributed by atoms with Crippen LogP contribution in [-0.2, 0) is 11.3 Å². The molecule has 1 N–H and O–H groups in total. The van der Waals surface area contributed by atoms with Gasteiger partial charge in [0.25, 0.3) is 0 Å². The molecule has 0 bridgehead atoms. The number of carboxylic acid groups (broad SMARTS) is 1. The predicted octanol–water partition coefficient (Wildman–Crippen LogP) is 2.75. The van der Waals surface area contributed by atoms with Crippen molar-refractivity contribution in [3.63, 3.8) is 0 Å². The molecule has 1 aliphatic rings. The van der Waals surface area contributed by atoms with Gasteiger partial charge in [-0.3, -0.25) is 9.69 Å². The molecule has 2 rings (SSSR count). The highest BCUT2D eigenvalue weighted by Gasteiger charge is 2.39. The van der Waals surface area contributed by atoms with Crippen molar-refractivity contribution in [3.8, 4) is 0 Å². The highest BCUT2D eigenvalue weighted by molar-refractivity contribution is 9.10. The van der Waals surface area contributed by atoms with Crippen LogP contribution in [0.4, 0.5) is 0 Å². The van der Waals surface area contributed by atoms with E-state index < -0.39 is 5.97 Å². The highest BCUT2D eigenvalue weighted by Crippen LogP contribution is 2.34. The number of likely N-dealkylation sites (tertiary alicyclic amines) is 1. The van der Waals surface area contributed by atoms with E-state index in [1.165, 1.54) is 5.56 Å². The number of benzene rings is 1. The van der Waals surface area contributed by atoms with Crippen LogP contribution >= 0.6 is 15.9 Å². The molecule has 0 atom stereocenters. The van der Waals surface area contributed by atoms with Crippen molar-refractivity contribution in [2.45, 2.75) is 19.9 Å². The van der Waals surface area contributed by atoms with Gasteiger partial charge in [-0.05, 0) is 17.7 Å². The third kappa shape index (κ3) is 3.30. The number of hydrogen-bond acceptors (Lipinski definition) is 2. The Balaban J connectivity index is 1.84. The Bertz CT molecular complexity index is 410. The van der Waals surface area contributed by atoms with Gasteiger partial charge >= 0.3 is 5.97 Å². The molecule has 1 aliphatic heterocycles. The summed E-state index contributed by atoms with van der Waals surface area (Å²) in [4.78, 5) is 13.0. The molecule has 0 amide bonds. The van der Waals surface area contributed by atoms with Gasteiger partial charge in [-0.1, -0.05) is 35.0 Å². The number of carbonyl (C=O) groups is 1. The van der Waals surface area contributed by atoms with Gasteiger partial charge in [-0.25, -0.2) is 0 Å². The molecule has 0 spiro atoms. The molecule has 0 aliphatic carbocycles. The van der Waals surface area contributed by atoms with Crippen LogP contribution < -0.4 is 0 Å². The van der Waals surface area contributed by atoms with Gasteiger partial charge in [0.15, 0.2) is 0 Å². The van der Waals surface area contributed by atoms with Crippen molar-refractivity contribution in [3.05, 3.63) is 34.3 Å². The first-order chi connectivity index (χ1) is 7.97. The zero-order chi connectivity index (χ0) is 12.5. The SMILES string of the molecule is CC1(CC(=O)O)CN(Cc2ccc(Br)cc2)C1. The molecule has 4 heteroatoms. The van der Waals surface area contributed by atoms with E-state index in [-0.39, 0.29) is 11.8 Å². The normalized spacial score (nSPS) is 18.7.